The SMILES string of the molecule is CN(Cc1ccc2c(c1)OCCO2)C(=O)CNCC1CC1. The summed E-state index contributed by atoms with van der Waals surface area (Å²) in [7, 11) is 1.83. The predicted octanol–water partition coefficient (Wildman–Crippen LogP) is 1.42. The van der Waals surface area contributed by atoms with Crippen LogP contribution in [0.2, 0.25) is 0 Å². The Kier molecular flexibility index (Phi) is 4.29. The molecule has 5 heteroatoms. The van der Waals surface area contributed by atoms with Gasteiger partial charge in [0.05, 0.1) is 6.54 Å². The molecule has 1 aliphatic heterocycles. The molecule has 114 valence electrons. The molecule has 1 saturated carbocycles. The quantitative estimate of drug-likeness (QED) is 0.861. The van der Waals surface area contributed by atoms with Crippen molar-refractivity contribution < 1.29 is 14.3 Å². The maximum atomic E-state index is 12.0. The van der Waals surface area contributed by atoms with Crippen LogP contribution in [0.15, 0.2) is 18.2 Å². The highest BCUT2D eigenvalue weighted by molar-refractivity contribution is 5.78. The van der Waals surface area contributed by atoms with Crippen LogP contribution in [0.25, 0.3) is 0 Å². The zero-order valence-electron chi connectivity index (χ0n) is 12.4. The van der Waals surface area contributed by atoms with E-state index in [1.165, 1.54) is 12.8 Å². The molecule has 21 heavy (non-hydrogen) atoms. The summed E-state index contributed by atoms with van der Waals surface area (Å²) in [5, 5.41) is 3.23. The maximum absolute atomic E-state index is 12.0. The highest BCUT2D eigenvalue weighted by Crippen LogP contribution is 2.31. The molecule has 1 fully saturated rings. The minimum Gasteiger partial charge on any atom is -0.486 e. The normalized spacial score (nSPS) is 16.6. The lowest BCUT2D eigenvalue weighted by Gasteiger charge is -2.21. The van der Waals surface area contributed by atoms with Crippen molar-refractivity contribution in [2.45, 2.75) is 19.4 Å². The predicted molar refractivity (Wildman–Crippen MR) is 79.5 cm³/mol. The Morgan fingerprint density at radius 3 is 2.81 bits per heavy atom. The smallest absolute Gasteiger partial charge is 0.236 e. The monoisotopic (exact) mass is 290 g/mol. The van der Waals surface area contributed by atoms with Gasteiger partial charge in [0.25, 0.3) is 0 Å². The number of hydrogen-bond donors (Lipinski definition) is 1. The molecule has 3 rings (SSSR count). The summed E-state index contributed by atoms with van der Waals surface area (Å²) >= 11 is 0. The average molecular weight is 290 g/mol. The minimum atomic E-state index is 0.116. The first-order valence-corrected chi connectivity index (χ1v) is 7.55. The highest BCUT2D eigenvalue weighted by atomic mass is 16.6. The van der Waals surface area contributed by atoms with E-state index in [-0.39, 0.29) is 5.91 Å². The van der Waals surface area contributed by atoms with Crippen molar-refractivity contribution in [3.63, 3.8) is 0 Å². The third-order valence-corrected chi connectivity index (χ3v) is 3.86. The van der Waals surface area contributed by atoms with Gasteiger partial charge in [0, 0.05) is 13.6 Å². The number of likely N-dealkylation sites (N-methyl/N-ethyl adjacent to an activating group) is 1. The van der Waals surface area contributed by atoms with Crippen LogP contribution in [0.3, 0.4) is 0 Å². The van der Waals surface area contributed by atoms with E-state index >= 15 is 0 Å². The van der Waals surface area contributed by atoms with Crippen LogP contribution in [0.1, 0.15) is 18.4 Å². The first-order chi connectivity index (χ1) is 10.2. The van der Waals surface area contributed by atoms with Gasteiger partial charge < -0.3 is 19.7 Å². The van der Waals surface area contributed by atoms with Crippen molar-refractivity contribution in [2.24, 2.45) is 5.92 Å². The Balaban J connectivity index is 1.51. The van der Waals surface area contributed by atoms with E-state index in [0.29, 0.717) is 26.3 Å². The Morgan fingerprint density at radius 2 is 2.05 bits per heavy atom. The number of carbonyl (C=O) groups excluding carboxylic acids is 1. The summed E-state index contributed by atoms with van der Waals surface area (Å²) in [5.41, 5.74) is 1.05. The third kappa shape index (κ3) is 3.88. The van der Waals surface area contributed by atoms with Crippen LogP contribution in [-0.4, -0.2) is 44.2 Å². The number of nitrogens with zero attached hydrogens (tertiary/aromatic N) is 1. The zero-order valence-corrected chi connectivity index (χ0v) is 12.4. The molecular weight excluding hydrogens is 268 g/mol. The van der Waals surface area contributed by atoms with E-state index in [1.807, 2.05) is 25.2 Å². The largest absolute Gasteiger partial charge is 0.486 e. The Bertz CT molecular complexity index is 514. The zero-order chi connectivity index (χ0) is 14.7. The number of ether oxygens (including phenoxy) is 2. The lowest BCUT2D eigenvalue weighted by molar-refractivity contribution is -0.129. The van der Waals surface area contributed by atoms with E-state index in [0.717, 1.165) is 29.5 Å². The van der Waals surface area contributed by atoms with Crippen molar-refractivity contribution >= 4 is 5.91 Å². The van der Waals surface area contributed by atoms with E-state index in [4.69, 9.17) is 9.47 Å². The molecule has 1 aromatic rings. The second kappa shape index (κ2) is 6.35. The Labute approximate surface area is 125 Å². The first kappa shape index (κ1) is 14.2. The van der Waals surface area contributed by atoms with Gasteiger partial charge in [-0.05, 0) is 43.0 Å². The van der Waals surface area contributed by atoms with E-state index in [2.05, 4.69) is 5.32 Å². The summed E-state index contributed by atoms with van der Waals surface area (Å²) in [6, 6.07) is 5.85. The summed E-state index contributed by atoms with van der Waals surface area (Å²) in [6.45, 7) is 3.13. The number of nitrogens with one attached hydrogen (secondary N) is 1. The number of carbonyl (C=O) groups is 1. The van der Waals surface area contributed by atoms with Gasteiger partial charge >= 0.3 is 0 Å². The van der Waals surface area contributed by atoms with Crippen LogP contribution in [0.4, 0.5) is 0 Å². The van der Waals surface area contributed by atoms with Gasteiger partial charge in [-0.1, -0.05) is 6.07 Å². The average Bonchev–Trinajstić information content (AvgIpc) is 3.31. The fourth-order valence-corrected chi connectivity index (χ4v) is 2.39. The summed E-state index contributed by atoms with van der Waals surface area (Å²) in [4.78, 5) is 13.8. The molecule has 1 aromatic carbocycles. The number of amides is 1. The van der Waals surface area contributed by atoms with Crippen LogP contribution < -0.4 is 14.8 Å². The molecular formula is C16H22N2O3. The number of hydrogen-bond acceptors (Lipinski definition) is 4. The Hall–Kier alpha value is -1.75. The topological polar surface area (TPSA) is 50.8 Å². The molecule has 0 spiro atoms. The minimum absolute atomic E-state index is 0.116. The van der Waals surface area contributed by atoms with Crippen LogP contribution in [0, 0.1) is 5.92 Å². The number of fused-ring (bicyclic) bond motifs is 1. The summed E-state index contributed by atoms with van der Waals surface area (Å²) in [5.74, 6) is 2.46. The molecule has 0 saturated heterocycles. The molecule has 1 N–H and O–H groups in total. The molecule has 1 amide bonds. The first-order valence-electron chi connectivity index (χ1n) is 7.55. The van der Waals surface area contributed by atoms with Crippen LogP contribution in [-0.2, 0) is 11.3 Å². The summed E-state index contributed by atoms with van der Waals surface area (Å²) in [6.07, 6.45) is 2.60. The van der Waals surface area contributed by atoms with E-state index < -0.39 is 0 Å². The molecule has 1 heterocycles. The fraction of sp³-hybridized carbons (Fsp3) is 0.562. The molecule has 5 nitrogen and oxygen atoms in total. The van der Waals surface area contributed by atoms with Gasteiger partial charge in [-0.15, -0.1) is 0 Å². The van der Waals surface area contributed by atoms with Crippen molar-refractivity contribution in [3.8, 4) is 11.5 Å². The molecule has 0 bridgehead atoms. The van der Waals surface area contributed by atoms with E-state index in [1.54, 1.807) is 4.90 Å². The summed E-state index contributed by atoms with van der Waals surface area (Å²) < 4.78 is 11.1. The van der Waals surface area contributed by atoms with Gasteiger partial charge in [-0.25, -0.2) is 0 Å². The second-order valence-corrected chi connectivity index (χ2v) is 5.80. The van der Waals surface area contributed by atoms with Crippen molar-refractivity contribution in [1.29, 1.82) is 0 Å². The lowest BCUT2D eigenvalue weighted by atomic mass is 10.2. The molecule has 0 radical (unpaired) electrons. The fourth-order valence-electron chi connectivity index (χ4n) is 2.39. The van der Waals surface area contributed by atoms with E-state index in [9.17, 15) is 4.79 Å². The molecule has 0 aromatic heterocycles. The highest BCUT2D eigenvalue weighted by Gasteiger charge is 2.21. The molecule has 0 unspecified atom stereocenters. The van der Waals surface area contributed by atoms with Crippen molar-refractivity contribution in [1.82, 2.24) is 10.2 Å². The second-order valence-electron chi connectivity index (χ2n) is 5.80. The van der Waals surface area contributed by atoms with Gasteiger partial charge in [0.1, 0.15) is 13.2 Å². The lowest BCUT2D eigenvalue weighted by Crippen LogP contribution is -2.35. The van der Waals surface area contributed by atoms with Gasteiger partial charge in [-0.2, -0.15) is 0 Å². The van der Waals surface area contributed by atoms with Crippen molar-refractivity contribution in [2.75, 3.05) is 33.4 Å². The Morgan fingerprint density at radius 1 is 1.29 bits per heavy atom. The third-order valence-electron chi connectivity index (χ3n) is 3.86. The van der Waals surface area contributed by atoms with Crippen LogP contribution >= 0.6 is 0 Å². The number of rotatable bonds is 6. The van der Waals surface area contributed by atoms with Gasteiger partial charge in [0.2, 0.25) is 5.91 Å². The standard InChI is InChI=1S/C16H22N2O3/c1-18(16(19)10-17-9-12-2-3-12)11-13-4-5-14-15(8-13)21-7-6-20-14/h4-5,8,12,17H,2-3,6-7,9-11H2,1H3. The van der Waals surface area contributed by atoms with Crippen molar-refractivity contribution in [3.05, 3.63) is 23.8 Å². The molecule has 1 aliphatic carbocycles. The molecule has 2 aliphatic rings. The van der Waals surface area contributed by atoms with Gasteiger partial charge in [0.15, 0.2) is 11.5 Å². The van der Waals surface area contributed by atoms with Crippen LogP contribution in [0.5, 0.6) is 11.5 Å². The molecule has 0 atom stereocenters. The number of benzene rings is 1. The maximum Gasteiger partial charge on any atom is 0.236 e. The van der Waals surface area contributed by atoms with Gasteiger partial charge in [-0.3, -0.25) is 4.79 Å².